The lowest BCUT2D eigenvalue weighted by atomic mass is 10.1. The third-order valence-electron chi connectivity index (χ3n) is 4.39. The number of nitrogen functional groups attached to an aromatic ring is 2. The number of aryl methyl sites for hydroxylation is 1. The van der Waals surface area contributed by atoms with Crippen molar-refractivity contribution in [1.82, 2.24) is 9.97 Å². The van der Waals surface area contributed by atoms with Crippen molar-refractivity contribution in [3.8, 4) is 26.9 Å². The standard InChI is InChI=1S/C21H19N5O2S2/c1-11-16(25-20(29-11)17-18(22)26-21(23)30-17)12-5-3-7-14(9-12)24-19(27)13-6-4-8-15(10-13)28-2/h3-10H,22H2,1-2H3,(H2,23,26)(H,24,27). The molecule has 0 radical (unpaired) electrons. The van der Waals surface area contributed by atoms with Gasteiger partial charge in [0.2, 0.25) is 0 Å². The molecule has 0 fully saturated rings. The van der Waals surface area contributed by atoms with Crippen LogP contribution in [0.4, 0.5) is 16.6 Å². The molecule has 9 heteroatoms. The zero-order valence-electron chi connectivity index (χ0n) is 16.3. The number of ether oxygens (including phenoxy) is 1. The summed E-state index contributed by atoms with van der Waals surface area (Å²) in [4.78, 5) is 23.2. The van der Waals surface area contributed by atoms with Gasteiger partial charge >= 0.3 is 0 Å². The second-order valence-electron chi connectivity index (χ2n) is 6.46. The molecule has 2 heterocycles. The highest BCUT2D eigenvalue weighted by molar-refractivity contribution is 7.24. The van der Waals surface area contributed by atoms with E-state index in [9.17, 15) is 4.79 Å². The minimum absolute atomic E-state index is 0.213. The highest BCUT2D eigenvalue weighted by Gasteiger charge is 2.17. The van der Waals surface area contributed by atoms with Crippen molar-refractivity contribution < 1.29 is 9.53 Å². The van der Waals surface area contributed by atoms with Crippen LogP contribution in [-0.2, 0) is 0 Å². The van der Waals surface area contributed by atoms with Crippen LogP contribution in [0, 0.1) is 6.92 Å². The van der Waals surface area contributed by atoms with E-state index in [0.717, 1.165) is 26.0 Å². The number of thiazole rings is 2. The third kappa shape index (κ3) is 3.98. The van der Waals surface area contributed by atoms with Crippen molar-refractivity contribution in [1.29, 1.82) is 0 Å². The Morgan fingerprint density at radius 1 is 1.07 bits per heavy atom. The molecule has 4 aromatic rings. The maximum absolute atomic E-state index is 12.6. The molecule has 1 amide bonds. The molecule has 2 aromatic carbocycles. The van der Waals surface area contributed by atoms with Gasteiger partial charge in [-0.1, -0.05) is 29.5 Å². The summed E-state index contributed by atoms with van der Waals surface area (Å²) >= 11 is 2.85. The van der Waals surface area contributed by atoms with Crippen LogP contribution in [0.1, 0.15) is 15.2 Å². The molecule has 152 valence electrons. The smallest absolute Gasteiger partial charge is 0.255 e. The maximum atomic E-state index is 12.6. The summed E-state index contributed by atoms with van der Waals surface area (Å²) in [6.45, 7) is 2.00. The number of nitrogens with one attached hydrogen (secondary N) is 1. The minimum Gasteiger partial charge on any atom is -0.497 e. The van der Waals surface area contributed by atoms with E-state index in [0.29, 0.717) is 27.9 Å². The molecule has 0 atom stereocenters. The van der Waals surface area contributed by atoms with Crippen molar-refractivity contribution in [3.63, 3.8) is 0 Å². The minimum atomic E-state index is -0.213. The van der Waals surface area contributed by atoms with Gasteiger partial charge in [-0.3, -0.25) is 4.79 Å². The van der Waals surface area contributed by atoms with E-state index in [1.165, 1.54) is 22.7 Å². The fourth-order valence-electron chi connectivity index (χ4n) is 2.98. The van der Waals surface area contributed by atoms with Crippen LogP contribution >= 0.6 is 22.7 Å². The Morgan fingerprint density at radius 3 is 2.60 bits per heavy atom. The molecule has 0 aliphatic carbocycles. The van der Waals surface area contributed by atoms with Gasteiger partial charge in [0.15, 0.2) is 5.13 Å². The highest BCUT2D eigenvalue weighted by atomic mass is 32.1. The summed E-state index contributed by atoms with van der Waals surface area (Å²) in [7, 11) is 1.57. The predicted molar refractivity (Wildman–Crippen MR) is 123 cm³/mol. The van der Waals surface area contributed by atoms with Gasteiger partial charge in [0, 0.05) is 21.7 Å². The molecule has 0 unspecified atom stereocenters. The lowest BCUT2D eigenvalue weighted by Gasteiger charge is -2.08. The first-order valence-corrected chi connectivity index (χ1v) is 10.6. The Kier molecular flexibility index (Phi) is 5.39. The van der Waals surface area contributed by atoms with Crippen molar-refractivity contribution in [3.05, 3.63) is 59.0 Å². The molecule has 0 saturated carbocycles. The number of benzene rings is 2. The summed E-state index contributed by atoms with van der Waals surface area (Å²) in [5.74, 6) is 0.803. The first-order valence-electron chi connectivity index (χ1n) is 9.00. The van der Waals surface area contributed by atoms with Crippen molar-refractivity contribution >= 4 is 45.2 Å². The maximum Gasteiger partial charge on any atom is 0.255 e. The lowest BCUT2D eigenvalue weighted by molar-refractivity contribution is 0.102. The summed E-state index contributed by atoms with van der Waals surface area (Å²) in [5, 5.41) is 4.12. The number of nitrogens with two attached hydrogens (primary N) is 2. The van der Waals surface area contributed by atoms with Gasteiger partial charge in [-0.25, -0.2) is 9.97 Å². The number of anilines is 3. The fourth-order valence-corrected chi connectivity index (χ4v) is 4.75. The second-order valence-corrected chi connectivity index (χ2v) is 8.69. The van der Waals surface area contributed by atoms with Gasteiger partial charge in [0.1, 0.15) is 21.5 Å². The predicted octanol–water partition coefficient (Wildman–Crippen LogP) is 4.67. The number of carbonyl (C=O) groups excluding carboxylic acids is 1. The van der Waals surface area contributed by atoms with Gasteiger partial charge in [0.05, 0.1) is 12.8 Å². The van der Waals surface area contributed by atoms with Crippen LogP contribution in [0.2, 0.25) is 0 Å². The zero-order valence-corrected chi connectivity index (χ0v) is 17.9. The molecule has 0 saturated heterocycles. The van der Waals surface area contributed by atoms with E-state index < -0.39 is 0 Å². The Labute approximate surface area is 181 Å². The molecular formula is C21H19N5O2S2. The summed E-state index contributed by atoms with van der Waals surface area (Å²) < 4.78 is 5.19. The summed E-state index contributed by atoms with van der Waals surface area (Å²) in [6, 6.07) is 14.6. The number of aromatic nitrogens is 2. The first kappa shape index (κ1) is 19.9. The fraction of sp³-hybridized carbons (Fsp3) is 0.0952. The zero-order chi connectivity index (χ0) is 21.3. The van der Waals surface area contributed by atoms with Gasteiger partial charge in [-0.05, 0) is 37.3 Å². The second kappa shape index (κ2) is 8.13. The molecular weight excluding hydrogens is 418 g/mol. The number of nitrogens with zero attached hydrogens (tertiary/aromatic N) is 2. The van der Waals surface area contributed by atoms with Crippen LogP contribution in [-0.4, -0.2) is 23.0 Å². The average molecular weight is 438 g/mol. The number of rotatable bonds is 5. The van der Waals surface area contributed by atoms with E-state index in [4.69, 9.17) is 21.2 Å². The van der Waals surface area contributed by atoms with Gasteiger partial charge in [-0.2, -0.15) is 0 Å². The molecule has 0 aliphatic heterocycles. The SMILES string of the molecule is COc1cccc(C(=O)Nc2cccc(-c3nc(-c4sc(N)nc4N)sc3C)c2)c1. The van der Waals surface area contributed by atoms with Crippen LogP contribution in [0.3, 0.4) is 0 Å². The van der Waals surface area contributed by atoms with Crippen LogP contribution in [0.25, 0.3) is 21.1 Å². The molecule has 5 N–H and O–H groups in total. The van der Waals surface area contributed by atoms with Crippen molar-refractivity contribution in [2.75, 3.05) is 23.9 Å². The topological polar surface area (TPSA) is 116 Å². The third-order valence-corrected chi connectivity index (χ3v) is 6.41. The van der Waals surface area contributed by atoms with E-state index in [1.807, 2.05) is 31.2 Å². The van der Waals surface area contributed by atoms with Crippen LogP contribution in [0.15, 0.2) is 48.5 Å². The summed E-state index contributed by atoms with van der Waals surface area (Å²) in [5.41, 5.74) is 14.6. The number of amides is 1. The van der Waals surface area contributed by atoms with E-state index in [2.05, 4.69) is 10.3 Å². The quantitative estimate of drug-likeness (QED) is 0.418. The van der Waals surface area contributed by atoms with Crippen LogP contribution in [0.5, 0.6) is 5.75 Å². The van der Waals surface area contributed by atoms with Crippen LogP contribution < -0.4 is 21.5 Å². The van der Waals surface area contributed by atoms with Crippen molar-refractivity contribution in [2.24, 2.45) is 0 Å². The number of methoxy groups -OCH3 is 1. The average Bonchev–Trinajstić information content (AvgIpc) is 3.29. The van der Waals surface area contributed by atoms with E-state index in [1.54, 1.807) is 31.4 Å². The molecule has 7 nitrogen and oxygen atoms in total. The van der Waals surface area contributed by atoms with E-state index >= 15 is 0 Å². The molecule has 0 spiro atoms. The van der Waals surface area contributed by atoms with E-state index in [-0.39, 0.29) is 5.91 Å². The Balaban J connectivity index is 1.61. The lowest BCUT2D eigenvalue weighted by Crippen LogP contribution is -2.11. The number of carbonyl (C=O) groups is 1. The Bertz CT molecular complexity index is 1230. The van der Waals surface area contributed by atoms with Gasteiger partial charge in [0.25, 0.3) is 5.91 Å². The highest BCUT2D eigenvalue weighted by Crippen LogP contribution is 2.39. The van der Waals surface area contributed by atoms with Gasteiger partial charge < -0.3 is 21.5 Å². The van der Waals surface area contributed by atoms with Crippen molar-refractivity contribution in [2.45, 2.75) is 6.92 Å². The monoisotopic (exact) mass is 437 g/mol. The molecule has 2 aromatic heterocycles. The van der Waals surface area contributed by atoms with Gasteiger partial charge in [-0.15, -0.1) is 11.3 Å². The molecule has 4 rings (SSSR count). The molecule has 0 bridgehead atoms. The Morgan fingerprint density at radius 2 is 1.87 bits per heavy atom. The first-order chi connectivity index (χ1) is 14.4. The number of hydrogen-bond acceptors (Lipinski definition) is 8. The molecule has 30 heavy (non-hydrogen) atoms. The molecule has 0 aliphatic rings. The largest absolute Gasteiger partial charge is 0.497 e. The normalized spacial score (nSPS) is 10.7. The number of hydrogen-bond donors (Lipinski definition) is 3. The Hall–Kier alpha value is -3.43. The summed E-state index contributed by atoms with van der Waals surface area (Å²) in [6.07, 6.45) is 0.